The van der Waals surface area contributed by atoms with Gasteiger partial charge in [0.25, 0.3) is 0 Å². The number of carboxylic acid groups (broad SMARTS) is 1. The summed E-state index contributed by atoms with van der Waals surface area (Å²) in [5.41, 5.74) is 6.32. The van der Waals surface area contributed by atoms with Crippen LogP contribution in [-0.4, -0.2) is 16.1 Å². The summed E-state index contributed by atoms with van der Waals surface area (Å²) in [4.78, 5) is 15.5. The second-order valence-electron chi connectivity index (χ2n) is 5.62. The first kappa shape index (κ1) is 15.0. The van der Waals surface area contributed by atoms with E-state index >= 15 is 0 Å². The van der Waals surface area contributed by atoms with Gasteiger partial charge in [0.15, 0.2) is 0 Å². The van der Waals surface area contributed by atoms with Gasteiger partial charge in [-0.05, 0) is 59.9 Å². The van der Waals surface area contributed by atoms with Gasteiger partial charge in [-0.1, -0.05) is 35.9 Å². The normalized spacial score (nSPS) is 10.5. The van der Waals surface area contributed by atoms with Crippen molar-refractivity contribution >= 4 is 5.97 Å². The van der Waals surface area contributed by atoms with E-state index in [0.29, 0.717) is 5.56 Å². The number of hydrogen-bond acceptors (Lipinski definition) is 2. The van der Waals surface area contributed by atoms with Crippen molar-refractivity contribution in [1.29, 1.82) is 0 Å². The van der Waals surface area contributed by atoms with Gasteiger partial charge in [-0.25, -0.2) is 4.79 Å². The molecule has 0 bridgehead atoms. The van der Waals surface area contributed by atoms with Crippen molar-refractivity contribution in [3.63, 3.8) is 0 Å². The number of nitrogens with zero attached hydrogens (tertiary/aromatic N) is 1. The third kappa shape index (κ3) is 2.99. The van der Waals surface area contributed by atoms with Crippen molar-refractivity contribution in [2.75, 3.05) is 0 Å². The van der Waals surface area contributed by atoms with Crippen LogP contribution in [0, 0.1) is 13.8 Å². The van der Waals surface area contributed by atoms with Gasteiger partial charge in [0.05, 0.1) is 5.56 Å². The zero-order valence-corrected chi connectivity index (χ0v) is 13.1. The zero-order chi connectivity index (χ0) is 16.4. The maximum atomic E-state index is 11.4. The van der Waals surface area contributed by atoms with E-state index < -0.39 is 5.97 Å². The Bertz CT molecular complexity index is 870. The Morgan fingerprint density at radius 3 is 2.30 bits per heavy atom. The maximum Gasteiger partial charge on any atom is 0.335 e. The van der Waals surface area contributed by atoms with Gasteiger partial charge in [0, 0.05) is 12.4 Å². The Morgan fingerprint density at radius 1 is 0.870 bits per heavy atom. The van der Waals surface area contributed by atoms with Crippen LogP contribution in [0.5, 0.6) is 0 Å². The summed E-state index contributed by atoms with van der Waals surface area (Å²) < 4.78 is 0. The predicted octanol–water partition coefficient (Wildman–Crippen LogP) is 4.73. The molecule has 2 aromatic carbocycles. The van der Waals surface area contributed by atoms with Gasteiger partial charge in [-0.2, -0.15) is 0 Å². The molecule has 0 unspecified atom stereocenters. The number of pyridine rings is 1. The average Bonchev–Trinajstić information content (AvgIpc) is 2.56. The van der Waals surface area contributed by atoms with Crippen LogP contribution in [0.4, 0.5) is 0 Å². The SMILES string of the molecule is Cc1ccc(-c2ccc(C)c(C(=O)O)c2)c(-c2ccncc2)c1. The molecular formula is C20H17NO2. The van der Waals surface area contributed by atoms with E-state index in [1.807, 2.05) is 50.2 Å². The highest BCUT2D eigenvalue weighted by molar-refractivity contribution is 5.93. The fourth-order valence-electron chi connectivity index (χ4n) is 2.70. The molecule has 0 fully saturated rings. The van der Waals surface area contributed by atoms with Crippen LogP contribution in [0.25, 0.3) is 22.3 Å². The Hall–Kier alpha value is -2.94. The number of aryl methyl sites for hydroxylation is 2. The van der Waals surface area contributed by atoms with Crippen LogP contribution in [0.2, 0.25) is 0 Å². The molecule has 0 aliphatic heterocycles. The zero-order valence-electron chi connectivity index (χ0n) is 13.1. The van der Waals surface area contributed by atoms with E-state index in [9.17, 15) is 9.90 Å². The summed E-state index contributed by atoms with van der Waals surface area (Å²) in [5.74, 6) is -0.901. The Labute approximate surface area is 135 Å². The second-order valence-corrected chi connectivity index (χ2v) is 5.62. The van der Waals surface area contributed by atoms with Crippen molar-refractivity contribution in [3.8, 4) is 22.3 Å². The van der Waals surface area contributed by atoms with Gasteiger partial charge in [0.1, 0.15) is 0 Å². The fraction of sp³-hybridized carbons (Fsp3) is 0.100. The van der Waals surface area contributed by atoms with Gasteiger partial charge >= 0.3 is 5.97 Å². The predicted molar refractivity (Wildman–Crippen MR) is 91.5 cm³/mol. The Balaban J connectivity index is 2.22. The summed E-state index contributed by atoms with van der Waals surface area (Å²) in [6.45, 7) is 3.86. The van der Waals surface area contributed by atoms with E-state index in [2.05, 4.69) is 11.1 Å². The van der Waals surface area contributed by atoms with E-state index in [-0.39, 0.29) is 0 Å². The standard InChI is InChI=1S/C20H17NO2/c1-13-3-6-17(19(11-13)15-7-9-21-10-8-15)16-5-4-14(2)18(12-16)20(22)23/h3-12H,1-2H3,(H,22,23). The molecule has 0 radical (unpaired) electrons. The van der Waals surface area contributed by atoms with Crippen molar-refractivity contribution in [1.82, 2.24) is 4.98 Å². The molecule has 3 heteroatoms. The molecular weight excluding hydrogens is 286 g/mol. The topological polar surface area (TPSA) is 50.2 Å². The highest BCUT2D eigenvalue weighted by atomic mass is 16.4. The minimum Gasteiger partial charge on any atom is -0.478 e. The van der Waals surface area contributed by atoms with Crippen molar-refractivity contribution in [2.24, 2.45) is 0 Å². The summed E-state index contributed by atoms with van der Waals surface area (Å²) in [7, 11) is 0. The second kappa shape index (κ2) is 6.05. The molecule has 0 atom stereocenters. The third-order valence-electron chi connectivity index (χ3n) is 3.95. The summed E-state index contributed by atoms with van der Waals surface area (Å²) >= 11 is 0. The number of aromatic carboxylic acids is 1. The van der Waals surface area contributed by atoms with Gasteiger partial charge in [-0.3, -0.25) is 4.98 Å². The summed E-state index contributed by atoms with van der Waals surface area (Å²) in [5, 5.41) is 9.36. The molecule has 0 spiro atoms. The lowest BCUT2D eigenvalue weighted by Crippen LogP contribution is -2.00. The fourth-order valence-corrected chi connectivity index (χ4v) is 2.70. The first-order chi connectivity index (χ1) is 11.1. The molecule has 0 aliphatic carbocycles. The van der Waals surface area contributed by atoms with E-state index in [4.69, 9.17) is 0 Å². The molecule has 3 rings (SSSR count). The molecule has 3 aromatic rings. The van der Waals surface area contributed by atoms with Gasteiger partial charge < -0.3 is 5.11 Å². The minimum absolute atomic E-state index is 0.337. The van der Waals surface area contributed by atoms with Crippen LogP contribution in [0.1, 0.15) is 21.5 Å². The maximum absolute atomic E-state index is 11.4. The Morgan fingerprint density at radius 2 is 1.61 bits per heavy atom. The van der Waals surface area contributed by atoms with Gasteiger partial charge in [0.2, 0.25) is 0 Å². The number of rotatable bonds is 3. The molecule has 23 heavy (non-hydrogen) atoms. The molecule has 114 valence electrons. The smallest absolute Gasteiger partial charge is 0.335 e. The first-order valence-corrected chi connectivity index (χ1v) is 7.41. The van der Waals surface area contributed by atoms with Crippen LogP contribution in [0.3, 0.4) is 0 Å². The van der Waals surface area contributed by atoms with Crippen molar-refractivity contribution < 1.29 is 9.90 Å². The number of aromatic nitrogens is 1. The van der Waals surface area contributed by atoms with E-state index in [1.54, 1.807) is 18.5 Å². The number of carbonyl (C=O) groups is 1. The molecule has 0 saturated carbocycles. The summed E-state index contributed by atoms with van der Waals surface area (Å²) in [6, 6.07) is 15.7. The third-order valence-corrected chi connectivity index (χ3v) is 3.95. The molecule has 3 nitrogen and oxygen atoms in total. The first-order valence-electron chi connectivity index (χ1n) is 7.41. The molecule has 0 amide bonds. The highest BCUT2D eigenvalue weighted by Crippen LogP contribution is 2.33. The lowest BCUT2D eigenvalue weighted by molar-refractivity contribution is 0.0696. The van der Waals surface area contributed by atoms with Crippen LogP contribution < -0.4 is 0 Å². The lowest BCUT2D eigenvalue weighted by Gasteiger charge is -2.13. The molecule has 1 heterocycles. The molecule has 1 aromatic heterocycles. The minimum atomic E-state index is -0.901. The lowest BCUT2D eigenvalue weighted by atomic mass is 9.92. The number of carboxylic acids is 1. The van der Waals surface area contributed by atoms with Crippen LogP contribution in [-0.2, 0) is 0 Å². The Kier molecular flexibility index (Phi) is 3.94. The molecule has 0 saturated heterocycles. The molecule has 1 N–H and O–H groups in total. The number of hydrogen-bond donors (Lipinski definition) is 1. The quantitative estimate of drug-likeness (QED) is 0.761. The van der Waals surface area contributed by atoms with Gasteiger partial charge in [-0.15, -0.1) is 0 Å². The van der Waals surface area contributed by atoms with Crippen molar-refractivity contribution in [3.05, 3.63) is 77.6 Å². The van der Waals surface area contributed by atoms with E-state index in [0.717, 1.165) is 33.4 Å². The average molecular weight is 303 g/mol. The number of benzene rings is 2. The highest BCUT2D eigenvalue weighted by Gasteiger charge is 2.12. The molecule has 0 aliphatic rings. The van der Waals surface area contributed by atoms with Crippen LogP contribution in [0.15, 0.2) is 60.9 Å². The van der Waals surface area contributed by atoms with Crippen molar-refractivity contribution in [2.45, 2.75) is 13.8 Å². The van der Waals surface area contributed by atoms with Crippen LogP contribution >= 0.6 is 0 Å². The largest absolute Gasteiger partial charge is 0.478 e. The monoisotopic (exact) mass is 303 g/mol. The van der Waals surface area contributed by atoms with E-state index in [1.165, 1.54) is 0 Å². The summed E-state index contributed by atoms with van der Waals surface area (Å²) in [6.07, 6.45) is 3.53.